The van der Waals surface area contributed by atoms with E-state index in [9.17, 15) is 0 Å². The number of nitrogens with two attached hydrogens (primary N) is 1. The van der Waals surface area contributed by atoms with Gasteiger partial charge in [0.1, 0.15) is 11.9 Å². The van der Waals surface area contributed by atoms with Crippen molar-refractivity contribution in [1.29, 1.82) is 0 Å². The van der Waals surface area contributed by atoms with Crippen LogP contribution in [0.5, 0.6) is 5.75 Å². The first kappa shape index (κ1) is 10.4. The van der Waals surface area contributed by atoms with Crippen molar-refractivity contribution < 1.29 is 4.74 Å². The Balaban J connectivity index is 1.83. The molecule has 1 aromatic carbocycles. The third-order valence-electron chi connectivity index (χ3n) is 3.27. The molecule has 88 valence electrons. The molecule has 0 fully saturated rings. The van der Waals surface area contributed by atoms with Crippen LogP contribution < -0.4 is 10.5 Å². The molecule has 0 bridgehead atoms. The Morgan fingerprint density at radius 1 is 1.41 bits per heavy atom. The van der Waals surface area contributed by atoms with E-state index in [1.807, 2.05) is 31.3 Å². The second kappa shape index (κ2) is 3.89. The molecule has 2 atom stereocenters. The molecule has 0 amide bonds. The predicted molar refractivity (Wildman–Crippen MR) is 64.7 cm³/mol. The van der Waals surface area contributed by atoms with E-state index in [0.717, 1.165) is 17.9 Å². The van der Waals surface area contributed by atoms with Gasteiger partial charge in [-0.2, -0.15) is 5.10 Å². The molecule has 3 rings (SSSR count). The maximum atomic E-state index is 6.24. The van der Waals surface area contributed by atoms with Crippen molar-refractivity contribution in [3.8, 4) is 5.75 Å². The van der Waals surface area contributed by atoms with Gasteiger partial charge < -0.3 is 10.5 Å². The van der Waals surface area contributed by atoms with Crippen LogP contribution in [0.4, 0.5) is 0 Å². The van der Waals surface area contributed by atoms with Crippen molar-refractivity contribution in [3.63, 3.8) is 0 Å². The van der Waals surface area contributed by atoms with Gasteiger partial charge in [-0.1, -0.05) is 18.2 Å². The number of para-hydroxylation sites is 1. The predicted octanol–water partition coefficient (Wildman–Crippen LogP) is 1.42. The van der Waals surface area contributed by atoms with Gasteiger partial charge in [0.15, 0.2) is 0 Å². The Kier molecular flexibility index (Phi) is 2.37. The van der Waals surface area contributed by atoms with E-state index in [2.05, 4.69) is 11.2 Å². The minimum atomic E-state index is -0.144. The molecule has 4 nitrogen and oxygen atoms in total. The number of ether oxygens (including phenoxy) is 1. The smallest absolute Gasteiger partial charge is 0.124 e. The zero-order valence-electron chi connectivity index (χ0n) is 9.71. The van der Waals surface area contributed by atoms with E-state index in [1.54, 1.807) is 10.9 Å². The van der Waals surface area contributed by atoms with Gasteiger partial charge >= 0.3 is 0 Å². The SMILES string of the molecule is Cn1nccc1C(N)C1Cc2ccccc2O1. The van der Waals surface area contributed by atoms with Crippen LogP contribution >= 0.6 is 0 Å². The van der Waals surface area contributed by atoms with Crippen LogP contribution in [0.3, 0.4) is 0 Å². The van der Waals surface area contributed by atoms with Gasteiger partial charge in [0.2, 0.25) is 0 Å². The van der Waals surface area contributed by atoms with Gasteiger partial charge in [-0.15, -0.1) is 0 Å². The van der Waals surface area contributed by atoms with E-state index in [0.29, 0.717) is 0 Å². The summed E-state index contributed by atoms with van der Waals surface area (Å²) < 4.78 is 7.68. The van der Waals surface area contributed by atoms with E-state index >= 15 is 0 Å². The number of aryl methyl sites for hydroxylation is 1. The lowest BCUT2D eigenvalue weighted by atomic mass is 10.0. The third kappa shape index (κ3) is 1.70. The summed E-state index contributed by atoms with van der Waals surface area (Å²) in [6.07, 6.45) is 2.63. The highest BCUT2D eigenvalue weighted by atomic mass is 16.5. The van der Waals surface area contributed by atoms with Crippen molar-refractivity contribution in [2.45, 2.75) is 18.6 Å². The van der Waals surface area contributed by atoms with Crippen LogP contribution in [0.2, 0.25) is 0 Å². The molecule has 2 unspecified atom stereocenters. The fourth-order valence-corrected chi connectivity index (χ4v) is 2.31. The van der Waals surface area contributed by atoms with Crippen molar-refractivity contribution in [1.82, 2.24) is 9.78 Å². The molecule has 0 radical (unpaired) electrons. The molecule has 2 heterocycles. The molecule has 1 aliphatic rings. The normalized spacial score (nSPS) is 19.8. The largest absolute Gasteiger partial charge is 0.488 e. The maximum Gasteiger partial charge on any atom is 0.124 e. The topological polar surface area (TPSA) is 53.1 Å². The van der Waals surface area contributed by atoms with E-state index in [4.69, 9.17) is 10.5 Å². The lowest BCUT2D eigenvalue weighted by Crippen LogP contribution is -2.31. The average molecular weight is 229 g/mol. The van der Waals surface area contributed by atoms with Crippen molar-refractivity contribution in [2.24, 2.45) is 12.8 Å². The van der Waals surface area contributed by atoms with Gasteiger partial charge in [-0.25, -0.2) is 0 Å². The van der Waals surface area contributed by atoms with Crippen molar-refractivity contribution in [3.05, 3.63) is 47.8 Å². The molecular weight excluding hydrogens is 214 g/mol. The minimum absolute atomic E-state index is 0.00259. The standard InChI is InChI=1S/C13H15N3O/c1-16-10(6-7-15-16)13(14)12-8-9-4-2-3-5-11(9)17-12/h2-7,12-13H,8,14H2,1H3. The lowest BCUT2D eigenvalue weighted by Gasteiger charge is -2.19. The average Bonchev–Trinajstić information content (AvgIpc) is 2.93. The summed E-state index contributed by atoms with van der Waals surface area (Å²) in [6.45, 7) is 0. The number of nitrogens with zero attached hydrogens (tertiary/aromatic N) is 2. The fourth-order valence-electron chi connectivity index (χ4n) is 2.31. The number of hydrogen-bond acceptors (Lipinski definition) is 3. The number of hydrogen-bond donors (Lipinski definition) is 1. The van der Waals surface area contributed by atoms with Gasteiger partial charge in [0, 0.05) is 19.7 Å². The van der Waals surface area contributed by atoms with E-state index in [1.165, 1.54) is 5.56 Å². The zero-order valence-corrected chi connectivity index (χ0v) is 9.71. The summed E-state index contributed by atoms with van der Waals surface area (Å²) in [5.74, 6) is 0.954. The van der Waals surface area contributed by atoms with Gasteiger partial charge in [0.05, 0.1) is 11.7 Å². The van der Waals surface area contributed by atoms with Crippen molar-refractivity contribution in [2.75, 3.05) is 0 Å². The molecule has 0 aliphatic carbocycles. The number of aromatic nitrogens is 2. The highest BCUT2D eigenvalue weighted by Crippen LogP contribution is 2.32. The summed E-state index contributed by atoms with van der Waals surface area (Å²) in [4.78, 5) is 0. The molecule has 0 spiro atoms. The number of fused-ring (bicyclic) bond motifs is 1. The molecule has 2 aromatic rings. The molecule has 1 aliphatic heterocycles. The Morgan fingerprint density at radius 2 is 2.24 bits per heavy atom. The Labute approximate surface area is 100 Å². The van der Waals surface area contributed by atoms with E-state index < -0.39 is 0 Å². The highest BCUT2D eigenvalue weighted by Gasteiger charge is 2.30. The first-order valence-electron chi connectivity index (χ1n) is 5.74. The van der Waals surface area contributed by atoms with Gasteiger partial charge in [-0.05, 0) is 17.7 Å². The first-order chi connectivity index (χ1) is 8.25. The molecule has 0 saturated heterocycles. The van der Waals surface area contributed by atoms with Gasteiger partial charge in [-0.3, -0.25) is 4.68 Å². The molecule has 4 heteroatoms. The van der Waals surface area contributed by atoms with Crippen LogP contribution in [0.1, 0.15) is 17.3 Å². The minimum Gasteiger partial charge on any atom is -0.488 e. The molecule has 0 saturated carbocycles. The quantitative estimate of drug-likeness (QED) is 0.847. The van der Waals surface area contributed by atoms with Crippen molar-refractivity contribution >= 4 is 0 Å². The third-order valence-corrected chi connectivity index (χ3v) is 3.27. The van der Waals surface area contributed by atoms with Crippen LogP contribution in [0, 0.1) is 0 Å². The molecule has 2 N–H and O–H groups in total. The summed E-state index contributed by atoms with van der Waals surface area (Å²) in [5, 5.41) is 4.14. The highest BCUT2D eigenvalue weighted by molar-refractivity contribution is 5.38. The summed E-state index contributed by atoms with van der Waals surface area (Å²) in [6, 6.07) is 9.89. The summed E-state index contributed by atoms with van der Waals surface area (Å²) >= 11 is 0. The molecular formula is C13H15N3O. The summed E-state index contributed by atoms with van der Waals surface area (Å²) in [5.41, 5.74) is 8.47. The van der Waals surface area contributed by atoms with Crippen LogP contribution in [0.15, 0.2) is 36.5 Å². The monoisotopic (exact) mass is 229 g/mol. The Hall–Kier alpha value is -1.81. The summed E-state index contributed by atoms with van der Waals surface area (Å²) in [7, 11) is 1.90. The van der Waals surface area contributed by atoms with E-state index in [-0.39, 0.29) is 12.1 Å². The maximum absolute atomic E-state index is 6.24. The number of benzene rings is 1. The molecule has 17 heavy (non-hydrogen) atoms. The van der Waals surface area contributed by atoms with Crippen LogP contribution in [-0.2, 0) is 13.5 Å². The Morgan fingerprint density at radius 3 is 2.94 bits per heavy atom. The van der Waals surface area contributed by atoms with Crippen LogP contribution in [-0.4, -0.2) is 15.9 Å². The molecule has 1 aromatic heterocycles. The van der Waals surface area contributed by atoms with Gasteiger partial charge in [0.25, 0.3) is 0 Å². The second-order valence-electron chi connectivity index (χ2n) is 4.37. The lowest BCUT2D eigenvalue weighted by molar-refractivity contribution is 0.195. The zero-order chi connectivity index (χ0) is 11.8. The Bertz CT molecular complexity index is 510. The fraction of sp³-hybridized carbons (Fsp3) is 0.308. The number of rotatable bonds is 2. The van der Waals surface area contributed by atoms with Crippen LogP contribution in [0.25, 0.3) is 0 Å². The first-order valence-corrected chi connectivity index (χ1v) is 5.74. The second-order valence-corrected chi connectivity index (χ2v) is 4.37.